The van der Waals surface area contributed by atoms with Gasteiger partial charge in [0.1, 0.15) is 0 Å². The summed E-state index contributed by atoms with van der Waals surface area (Å²) >= 11 is 0. The van der Waals surface area contributed by atoms with Gasteiger partial charge in [0.05, 0.1) is 0 Å². The number of pyridine rings is 1. The maximum atomic E-state index is 4.07. The summed E-state index contributed by atoms with van der Waals surface area (Å²) in [5.74, 6) is 0. The lowest BCUT2D eigenvalue weighted by Crippen LogP contribution is -2.07. The summed E-state index contributed by atoms with van der Waals surface area (Å²) in [6, 6.07) is 19.4. The predicted molar refractivity (Wildman–Crippen MR) is 86.0 cm³/mol. The molecule has 1 aromatic heterocycles. The molecule has 0 aliphatic carbocycles. The normalized spacial score (nSPS) is 12.2. The van der Waals surface area contributed by atoms with Gasteiger partial charge in [0.25, 0.3) is 0 Å². The zero-order valence-corrected chi connectivity index (χ0v) is 11.7. The maximum absolute atomic E-state index is 4.07. The van der Waals surface area contributed by atoms with Gasteiger partial charge in [-0.3, -0.25) is 4.98 Å². The number of nitrogens with zero attached hydrogens (tertiary/aromatic N) is 1. The van der Waals surface area contributed by atoms with Crippen molar-refractivity contribution in [3.63, 3.8) is 0 Å². The van der Waals surface area contributed by atoms with Crippen LogP contribution in [0.3, 0.4) is 0 Å². The van der Waals surface area contributed by atoms with E-state index in [2.05, 4.69) is 64.9 Å². The molecule has 0 amide bonds. The molecule has 0 bridgehead atoms. The van der Waals surface area contributed by atoms with Crippen LogP contribution in [0.25, 0.3) is 0 Å². The molecule has 2 nitrogen and oxygen atoms in total. The van der Waals surface area contributed by atoms with Crippen LogP contribution in [-0.4, -0.2) is 4.98 Å². The quantitative estimate of drug-likeness (QED) is 0.588. The molecule has 1 N–H and O–H groups in total. The molecule has 0 radical (unpaired) electrons. The van der Waals surface area contributed by atoms with Crippen LogP contribution in [0.2, 0.25) is 0 Å². The highest BCUT2D eigenvalue weighted by Crippen LogP contribution is 2.33. The van der Waals surface area contributed by atoms with Crippen LogP contribution in [0.15, 0.2) is 67.0 Å². The molecule has 0 fully saturated rings. The minimum absolute atomic E-state index is 0.944. The number of para-hydroxylation sites is 1. The average molecular weight is 272 g/mol. The van der Waals surface area contributed by atoms with Crippen molar-refractivity contribution in [3.8, 4) is 0 Å². The molecule has 0 saturated carbocycles. The van der Waals surface area contributed by atoms with Crippen molar-refractivity contribution in [2.24, 2.45) is 0 Å². The third kappa shape index (κ3) is 2.40. The summed E-state index contributed by atoms with van der Waals surface area (Å²) in [5, 5.41) is 3.55. The largest absolute Gasteiger partial charge is 0.355 e. The molecule has 2 heteroatoms. The first-order valence-electron chi connectivity index (χ1n) is 7.24. The van der Waals surface area contributed by atoms with Crippen LogP contribution in [0.4, 0.5) is 11.4 Å². The van der Waals surface area contributed by atoms with E-state index >= 15 is 0 Å². The summed E-state index contributed by atoms with van der Waals surface area (Å²) in [6.07, 6.45) is 5.65. The first kappa shape index (κ1) is 12.2. The van der Waals surface area contributed by atoms with Crippen molar-refractivity contribution in [2.45, 2.75) is 12.8 Å². The number of aromatic nitrogens is 1. The van der Waals surface area contributed by atoms with Gasteiger partial charge in [-0.05, 0) is 52.9 Å². The fraction of sp³-hybridized carbons (Fsp3) is 0.105. The molecule has 1 aliphatic rings. The number of nitrogens with one attached hydrogen (secondary N) is 1. The fourth-order valence-electron chi connectivity index (χ4n) is 2.89. The van der Waals surface area contributed by atoms with Crippen molar-refractivity contribution in [3.05, 3.63) is 89.2 Å². The Hall–Kier alpha value is -2.61. The molecule has 102 valence electrons. The number of rotatable bonds is 2. The van der Waals surface area contributed by atoms with E-state index in [9.17, 15) is 0 Å². The Morgan fingerprint density at radius 1 is 0.810 bits per heavy atom. The molecule has 21 heavy (non-hydrogen) atoms. The third-order valence-electron chi connectivity index (χ3n) is 4.00. The van der Waals surface area contributed by atoms with Crippen molar-refractivity contribution in [1.82, 2.24) is 4.98 Å². The molecule has 0 saturated heterocycles. The number of fused-ring (bicyclic) bond motifs is 2. The van der Waals surface area contributed by atoms with E-state index in [4.69, 9.17) is 0 Å². The Kier molecular flexibility index (Phi) is 2.93. The molecule has 2 aromatic carbocycles. The molecule has 0 unspecified atom stereocenters. The third-order valence-corrected chi connectivity index (χ3v) is 4.00. The number of hydrogen-bond donors (Lipinski definition) is 1. The molecule has 3 aromatic rings. The molecule has 0 atom stereocenters. The second-order valence-electron chi connectivity index (χ2n) is 5.48. The minimum atomic E-state index is 0.944. The van der Waals surface area contributed by atoms with Gasteiger partial charge in [0.2, 0.25) is 0 Å². The van der Waals surface area contributed by atoms with Gasteiger partial charge in [0, 0.05) is 30.2 Å². The van der Waals surface area contributed by atoms with E-state index in [1.165, 1.54) is 33.6 Å². The lowest BCUT2D eigenvalue weighted by atomic mass is 9.95. The van der Waals surface area contributed by atoms with E-state index in [0.717, 1.165) is 12.8 Å². The Balaban J connectivity index is 1.64. The smallest absolute Gasteiger partial charge is 0.0423 e. The van der Waals surface area contributed by atoms with Crippen LogP contribution >= 0.6 is 0 Å². The SMILES string of the molecule is c1ccc2c(c1)Cc1ccc(Cc3ccncc3)cc1N2. The second kappa shape index (κ2) is 5.06. The monoisotopic (exact) mass is 272 g/mol. The summed E-state index contributed by atoms with van der Waals surface area (Å²) in [7, 11) is 0. The molecule has 0 spiro atoms. The summed E-state index contributed by atoms with van der Waals surface area (Å²) in [4.78, 5) is 4.07. The van der Waals surface area contributed by atoms with Crippen LogP contribution in [0, 0.1) is 0 Å². The van der Waals surface area contributed by atoms with Gasteiger partial charge in [-0.2, -0.15) is 0 Å². The summed E-state index contributed by atoms with van der Waals surface area (Å²) in [5.41, 5.74) is 7.82. The fourth-order valence-corrected chi connectivity index (χ4v) is 2.89. The van der Waals surface area contributed by atoms with Gasteiger partial charge in [-0.15, -0.1) is 0 Å². The molecule has 4 rings (SSSR count). The zero-order valence-electron chi connectivity index (χ0n) is 11.7. The van der Waals surface area contributed by atoms with Gasteiger partial charge < -0.3 is 5.32 Å². The zero-order chi connectivity index (χ0) is 14.1. The Bertz CT molecular complexity index is 779. The Labute approximate surface area is 124 Å². The highest BCUT2D eigenvalue weighted by Gasteiger charge is 2.14. The van der Waals surface area contributed by atoms with E-state index in [0.29, 0.717) is 0 Å². The Morgan fingerprint density at radius 3 is 2.52 bits per heavy atom. The van der Waals surface area contributed by atoms with E-state index < -0.39 is 0 Å². The lowest BCUT2D eigenvalue weighted by molar-refractivity contribution is 1.12. The number of anilines is 2. The van der Waals surface area contributed by atoms with Crippen molar-refractivity contribution in [2.75, 3.05) is 5.32 Å². The minimum Gasteiger partial charge on any atom is -0.355 e. The predicted octanol–water partition coefficient (Wildman–Crippen LogP) is 4.32. The summed E-state index contributed by atoms with van der Waals surface area (Å²) < 4.78 is 0. The van der Waals surface area contributed by atoms with Crippen LogP contribution < -0.4 is 5.32 Å². The first-order chi connectivity index (χ1) is 10.4. The maximum Gasteiger partial charge on any atom is 0.0423 e. The van der Waals surface area contributed by atoms with Gasteiger partial charge >= 0.3 is 0 Å². The van der Waals surface area contributed by atoms with E-state index in [1.807, 2.05) is 12.4 Å². The van der Waals surface area contributed by atoms with E-state index in [-0.39, 0.29) is 0 Å². The Morgan fingerprint density at radius 2 is 1.62 bits per heavy atom. The van der Waals surface area contributed by atoms with Gasteiger partial charge in [-0.25, -0.2) is 0 Å². The molecular formula is C19H16N2. The van der Waals surface area contributed by atoms with Crippen LogP contribution in [0.5, 0.6) is 0 Å². The van der Waals surface area contributed by atoms with E-state index in [1.54, 1.807) is 0 Å². The standard InChI is InChI=1S/C19H16N2/c1-2-4-18-16(3-1)13-17-6-5-15(12-19(17)21-18)11-14-7-9-20-10-8-14/h1-10,12,21H,11,13H2. The topological polar surface area (TPSA) is 24.9 Å². The molecule has 2 heterocycles. The van der Waals surface area contributed by atoms with Crippen LogP contribution in [0.1, 0.15) is 22.3 Å². The first-order valence-corrected chi connectivity index (χ1v) is 7.24. The van der Waals surface area contributed by atoms with Crippen molar-refractivity contribution >= 4 is 11.4 Å². The van der Waals surface area contributed by atoms with Gasteiger partial charge in [-0.1, -0.05) is 30.3 Å². The highest BCUT2D eigenvalue weighted by atomic mass is 14.9. The average Bonchev–Trinajstić information content (AvgIpc) is 2.54. The van der Waals surface area contributed by atoms with Crippen LogP contribution in [-0.2, 0) is 12.8 Å². The van der Waals surface area contributed by atoms with Gasteiger partial charge in [0.15, 0.2) is 0 Å². The highest BCUT2D eigenvalue weighted by molar-refractivity contribution is 5.72. The number of hydrogen-bond acceptors (Lipinski definition) is 2. The van der Waals surface area contributed by atoms with Crippen molar-refractivity contribution < 1.29 is 0 Å². The second-order valence-corrected chi connectivity index (χ2v) is 5.48. The van der Waals surface area contributed by atoms with Crippen molar-refractivity contribution in [1.29, 1.82) is 0 Å². The molecular weight excluding hydrogens is 256 g/mol. The summed E-state index contributed by atoms with van der Waals surface area (Å²) in [6.45, 7) is 0. The molecule has 1 aliphatic heterocycles. The lowest BCUT2D eigenvalue weighted by Gasteiger charge is -2.22. The number of benzene rings is 2.